The molecular weight excluding hydrogens is 421 g/mol. The Morgan fingerprint density at radius 1 is 1.38 bits per heavy atom. The molecule has 0 unspecified atom stereocenters. The Hall–Kier alpha value is -1.11. The van der Waals surface area contributed by atoms with Gasteiger partial charge in [-0.25, -0.2) is 4.98 Å². The van der Waals surface area contributed by atoms with Crippen LogP contribution in [0.2, 0.25) is 5.02 Å². The molecule has 0 radical (unpaired) electrons. The third-order valence-electron chi connectivity index (χ3n) is 2.64. The molecule has 2 aromatic rings. The number of nitrogens with zero attached hydrogens (tertiary/aromatic N) is 1. The van der Waals surface area contributed by atoms with Crippen molar-refractivity contribution in [3.05, 3.63) is 50.0 Å². The minimum absolute atomic E-state index is 0.261. The van der Waals surface area contributed by atoms with E-state index in [1.807, 2.05) is 6.92 Å². The molecule has 1 aromatic carbocycles. The van der Waals surface area contributed by atoms with E-state index in [2.05, 4.69) is 47.5 Å². The first kappa shape index (κ1) is 16.3. The lowest BCUT2D eigenvalue weighted by Gasteiger charge is -2.12. The van der Waals surface area contributed by atoms with E-state index in [-0.39, 0.29) is 5.91 Å². The van der Waals surface area contributed by atoms with Crippen molar-refractivity contribution in [2.75, 3.05) is 17.2 Å². The van der Waals surface area contributed by atoms with E-state index in [4.69, 9.17) is 11.6 Å². The highest BCUT2D eigenvalue weighted by Crippen LogP contribution is 2.30. The number of amides is 1. The molecule has 0 atom stereocenters. The highest BCUT2D eigenvalue weighted by atomic mass is 79.9. The van der Waals surface area contributed by atoms with Gasteiger partial charge >= 0.3 is 0 Å². The lowest BCUT2D eigenvalue weighted by molar-refractivity contribution is 0.102. The first-order valence-electron chi connectivity index (χ1n) is 6.17. The van der Waals surface area contributed by atoms with E-state index in [1.165, 1.54) is 0 Å². The normalized spacial score (nSPS) is 10.3. The fraction of sp³-hybridized carbons (Fsp3) is 0.143. The number of nitrogens with one attached hydrogen (secondary N) is 2. The Morgan fingerprint density at radius 3 is 2.86 bits per heavy atom. The number of aromatic nitrogens is 1. The first-order chi connectivity index (χ1) is 10.0. The summed E-state index contributed by atoms with van der Waals surface area (Å²) in [7, 11) is 0. The molecule has 21 heavy (non-hydrogen) atoms. The SMILES string of the molecule is CCNc1ncc(Br)cc1C(=O)Nc1cccc(Cl)c1Br. The van der Waals surface area contributed by atoms with Gasteiger partial charge in [-0.2, -0.15) is 0 Å². The predicted molar refractivity (Wildman–Crippen MR) is 93.2 cm³/mol. The van der Waals surface area contributed by atoms with Crippen LogP contribution in [0.15, 0.2) is 39.4 Å². The van der Waals surface area contributed by atoms with Gasteiger partial charge in [0, 0.05) is 17.2 Å². The molecule has 1 heterocycles. The van der Waals surface area contributed by atoms with E-state index < -0.39 is 0 Å². The standard InChI is InChI=1S/C14H12Br2ClN3O/c1-2-18-13-9(6-8(15)7-19-13)14(21)20-11-5-3-4-10(17)12(11)16/h3-7H,2H2,1H3,(H,18,19)(H,20,21). The van der Waals surface area contributed by atoms with Gasteiger partial charge in [-0.05, 0) is 57.0 Å². The van der Waals surface area contributed by atoms with E-state index >= 15 is 0 Å². The average Bonchev–Trinajstić information content (AvgIpc) is 2.46. The van der Waals surface area contributed by atoms with Gasteiger partial charge in [0.05, 0.1) is 20.7 Å². The summed E-state index contributed by atoms with van der Waals surface area (Å²) in [5, 5.41) is 6.42. The number of carbonyl (C=O) groups excluding carboxylic acids is 1. The van der Waals surface area contributed by atoms with Crippen LogP contribution in [0.25, 0.3) is 0 Å². The molecule has 2 N–H and O–H groups in total. The molecule has 0 aliphatic rings. The molecule has 0 saturated heterocycles. The lowest BCUT2D eigenvalue weighted by atomic mass is 10.2. The molecule has 0 aliphatic heterocycles. The monoisotopic (exact) mass is 431 g/mol. The van der Waals surface area contributed by atoms with Gasteiger partial charge in [-0.3, -0.25) is 4.79 Å². The maximum atomic E-state index is 12.4. The van der Waals surface area contributed by atoms with Crippen molar-refractivity contribution in [1.82, 2.24) is 4.98 Å². The minimum atomic E-state index is -0.261. The summed E-state index contributed by atoms with van der Waals surface area (Å²) < 4.78 is 1.38. The van der Waals surface area contributed by atoms with Gasteiger partial charge in [0.15, 0.2) is 0 Å². The summed E-state index contributed by atoms with van der Waals surface area (Å²) in [6.07, 6.45) is 1.64. The summed E-state index contributed by atoms with van der Waals surface area (Å²) in [6, 6.07) is 7.00. The largest absolute Gasteiger partial charge is 0.370 e. The third kappa shape index (κ3) is 3.96. The summed E-state index contributed by atoms with van der Waals surface area (Å²) >= 11 is 12.7. The average molecular weight is 434 g/mol. The number of pyridine rings is 1. The van der Waals surface area contributed by atoms with Crippen molar-refractivity contribution in [3.63, 3.8) is 0 Å². The van der Waals surface area contributed by atoms with Gasteiger partial charge in [0.1, 0.15) is 5.82 Å². The third-order valence-corrected chi connectivity index (χ3v) is 4.47. The van der Waals surface area contributed by atoms with Crippen LogP contribution in [0.4, 0.5) is 11.5 Å². The second-order valence-corrected chi connectivity index (χ2v) is 6.25. The van der Waals surface area contributed by atoms with Crippen LogP contribution in [0.3, 0.4) is 0 Å². The van der Waals surface area contributed by atoms with Crippen molar-refractivity contribution < 1.29 is 4.79 Å². The van der Waals surface area contributed by atoms with E-state index in [0.29, 0.717) is 33.1 Å². The molecule has 110 valence electrons. The van der Waals surface area contributed by atoms with Crippen molar-refractivity contribution in [2.45, 2.75) is 6.92 Å². The molecule has 1 aromatic heterocycles. The molecule has 2 rings (SSSR count). The molecule has 0 bridgehead atoms. The van der Waals surface area contributed by atoms with Crippen molar-refractivity contribution in [1.29, 1.82) is 0 Å². The predicted octanol–water partition coefficient (Wildman–Crippen LogP) is 4.94. The fourth-order valence-corrected chi connectivity index (χ4v) is 2.58. The Balaban J connectivity index is 2.32. The number of rotatable bonds is 4. The molecule has 4 nitrogen and oxygen atoms in total. The number of hydrogen-bond donors (Lipinski definition) is 2. The van der Waals surface area contributed by atoms with Crippen molar-refractivity contribution in [3.8, 4) is 0 Å². The molecule has 0 aliphatic carbocycles. The highest BCUT2D eigenvalue weighted by molar-refractivity contribution is 9.11. The number of hydrogen-bond acceptors (Lipinski definition) is 3. The van der Waals surface area contributed by atoms with Gasteiger partial charge in [0.2, 0.25) is 0 Å². The number of carbonyl (C=O) groups is 1. The summed E-state index contributed by atoms with van der Waals surface area (Å²) in [4.78, 5) is 16.7. The van der Waals surface area contributed by atoms with Gasteiger partial charge in [0.25, 0.3) is 5.91 Å². The first-order valence-corrected chi connectivity index (χ1v) is 8.14. The van der Waals surface area contributed by atoms with Gasteiger partial charge in [-0.15, -0.1) is 0 Å². The lowest BCUT2D eigenvalue weighted by Crippen LogP contribution is -2.16. The molecular formula is C14H12Br2ClN3O. The van der Waals surface area contributed by atoms with Gasteiger partial charge in [-0.1, -0.05) is 17.7 Å². The molecule has 0 fully saturated rings. The fourth-order valence-electron chi connectivity index (χ4n) is 1.71. The highest BCUT2D eigenvalue weighted by Gasteiger charge is 2.15. The zero-order valence-electron chi connectivity index (χ0n) is 11.1. The molecule has 0 spiro atoms. The topological polar surface area (TPSA) is 54.0 Å². The zero-order valence-corrected chi connectivity index (χ0v) is 15.0. The van der Waals surface area contributed by atoms with Crippen LogP contribution >= 0.6 is 43.5 Å². The smallest absolute Gasteiger partial charge is 0.259 e. The van der Waals surface area contributed by atoms with Gasteiger partial charge < -0.3 is 10.6 Å². The van der Waals surface area contributed by atoms with Crippen LogP contribution in [-0.4, -0.2) is 17.4 Å². The summed E-state index contributed by atoms with van der Waals surface area (Å²) in [6.45, 7) is 2.62. The van der Waals surface area contributed by atoms with E-state index in [1.54, 1.807) is 30.5 Å². The Morgan fingerprint density at radius 2 is 2.14 bits per heavy atom. The molecule has 7 heteroatoms. The molecule has 0 saturated carbocycles. The van der Waals surface area contributed by atoms with E-state index in [0.717, 1.165) is 4.47 Å². The molecule has 1 amide bonds. The van der Waals surface area contributed by atoms with Crippen molar-refractivity contribution in [2.24, 2.45) is 0 Å². The van der Waals surface area contributed by atoms with Crippen LogP contribution in [-0.2, 0) is 0 Å². The van der Waals surface area contributed by atoms with E-state index in [9.17, 15) is 4.79 Å². The minimum Gasteiger partial charge on any atom is -0.370 e. The number of anilines is 2. The Labute approximate surface area is 144 Å². The maximum Gasteiger partial charge on any atom is 0.259 e. The van der Waals surface area contributed by atoms with Crippen LogP contribution in [0.5, 0.6) is 0 Å². The summed E-state index contributed by atoms with van der Waals surface area (Å²) in [5.74, 6) is 0.277. The van der Waals surface area contributed by atoms with Crippen LogP contribution in [0, 0.1) is 0 Å². The quantitative estimate of drug-likeness (QED) is 0.718. The van der Waals surface area contributed by atoms with Crippen molar-refractivity contribution >= 4 is 60.9 Å². The number of benzene rings is 1. The second kappa shape index (κ2) is 7.24. The second-order valence-electron chi connectivity index (χ2n) is 4.14. The maximum absolute atomic E-state index is 12.4. The summed E-state index contributed by atoms with van der Waals surface area (Å²) in [5.41, 5.74) is 1.06. The Kier molecular flexibility index (Phi) is 5.61. The Bertz CT molecular complexity index is 679. The van der Waals surface area contributed by atoms with Crippen LogP contribution < -0.4 is 10.6 Å². The number of halogens is 3. The van der Waals surface area contributed by atoms with Crippen LogP contribution in [0.1, 0.15) is 17.3 Å². The zero-order chi connectivity index (χ0) is 15.4.